The summed E-state index contributed by atoms with van der Waals surface area (Å²) in [5.74, 6) is 7.98. The number of nitrogens with zero attached hydrogens (tertiary/aromatic N) is 1. The van der Waals surface area contributed by atoms with Crippen molar-refractivity contribution in [1.82, 2.24) is 0 Å². The Bertz CT molecular complexity index is 1210. The van der Waals surface area contributed by atoms with Gasteiger partial charge in [0.2, 0.25) is 0 Å². The molecule has 1 aliphatic rings. The van der Waals surface area contributed by atoms with Gasteiger partial charge >= 0.3 is 0 Å². The molecule has 160 valence electrons. The molecular weight excluding hydrogens is 398 g/mol. The Morgan fingerprint density at radius 3 is 2.12 bits per heavy atom. The fraction of sp³-hybridized carbons (Fsp3) is 0.179. The summed E-state index contributed by atoms with van der Waals surface area (Å²) in [7, 11) is 3.24. The summed E-state index contributed by atoms with van der Waals surface area (Å²) in [6.07, 6.45) is 1.67. The molecule has 1 amide bonds. The minimum absolute atomic E-state index is 0.0275. The zero-order valence-electron chi connectivity index (χ0n) is 18.5. The molecule has 0 aromatic heterocycles. The van der Waals surface area contributed by atoms with Crippen LogP contribution in [0.1, 0.15) is 41.3 Å². The van der Waals surface area contributed by atoms with Gasteiger partial charge in [0.15, 0.2) is 0 Å². The molecule has 4 nitrogen and oxygen atoms in total. The monoisotopic (exact) mass is 423 g/mol. The van der Waals surface area contributed by atoms with E-state index in [1.54, 1.807) is 19.1 Å². The number of allylic oxidation sites excluding steroid dienone is 1. The van der Waals surface area contributed by atoms with E-state index in [0.717, 1.165) is 40.9 Å². The largest absolute Gasteiger partial charge is 0.497 e. The van der Waals surface area contributed by atoms with Gasteiger partial charge in [0, 0.05) is 34.0 Å². The van der Waals surface area contributed by atoms with E-state index in [1.807, 2.05) is 72.8 Å². The van der Waals surface area contributed by atoms with Gasteiger partial charge in [-0.15, -0.1) is 0 Å². The smallest absolute Gasteiger partial charge is 0.263 e. The third-order valence-corrected chi connectivity index (χ3v) is 5.35. The lowest BCUT2D eigenvalue weighted by atomic mass is 10.0. The second kappa shape index (κ2) is 9.45. The number of benzene rings is 3. The molecule has 0 aliphatic carbocycles. The van der Waals surface area contributed by atoms with Crippen molar-refractivity contribution in [3.8, 4) is 23.3 Å². The summed E-state index contributed by atoms with van der Waals surface area (Å²) in [6.45, 7) is 2.12. The Labute approximate surface area is 189 Å². The molecule has 4 rings (SSSR count). The molecule has 0 fully saturated rings. The van der Waals surface area contributed by atoms with E-state index < -0.39 is 0 Å². The molecule has 0 saturated heterocycles. The first-order valence-corrected chi connectivity index (χ1v) is 10.6. The highest BCUT2D eigenvalue weighted by Gasteiger charge is 2.34. The summed E-state index contributed by atoms with van der Waals surface area (Å²) < 4.78 is 10.7. The van der Waals surface area contributed by atoms with Crippen LogP contribution >= 0.6 is 0 Å². The van der Waals surface area contributed by atoms with Crippen molar-refractivity contribution >= 4 is 17.3 Å². The maximum absolute atomic E-state index is 13.4. The van der Waals surface area contributed by atoms with Gasteiger partial charge in [-0.3, -0.25) is 9.69 Å². The molecule has 0 atom stereocenters. The number of carbonyl (C=O) groups is 1. The number of para-hydroxylation sites is 1. The standard InChI is InChI=1S/C28H25NO3/c1-4-10-21(16-15-20-17-23(31-2)19-24(18-20)32-3)27-25-13-8-9-14-26(25)28(30)29(27)22-11-6-5-7-12-22/h5-9,11-14,17-19H,4,10H2,1-3H3/b27-21+. The van der Waals surface area contributed by atoms with Crippen LogP contribution in [0.4, 0.5) is 5.69 Å². The molecule has 1 aliphatic heterocycles. The summed E-state index contributed by atoms with van der Waals surface area (Å²) >= 11 is 0. The van der Waals surface area contributed by atoms with Crippen LogP contribution in [0.5, 0.6) is 11.5 Å². The van der Waals surface area contributed by atoms with Crippen molar-refractivity contribution in [3.05, 3.63) is 95.1 Å². The molecule has 32 heavy (non-hydrogen) atoms. The Balaban J connectivity index is 1.90. The van der Waals surface area contributed by atoms with Crippen LogP contribution in [-0.2, 0) is 0 Å². The van der Waals surface area contributed by atoms with Crippen molar-refractivity contribution in [1.29, 1.82) is 0 Å². The highest BCUT2D eigenvalue weighted by atomic mass is 16.5. The fourth-order valence-electron chi connectivity index (χ4n) is 3.86. The third-order valence-electron chi connectivity index (χ3n) is 5.35. The first-order chi connectivity index (χ1) is 15.7. The van der Waals surface area contributed by atoms with Crippen molar-refractivity contribution in [2.75, 3.05) is 19.1 Å². The first kappa shape index (κ1) is 21.3. The molecule has 0 N–H and O–H groups in total. The van der Waals surface area contributed by atoms with E-state index in [1.165, 1.54) is 0 Å². The number of hydrogen-bond donors (Lipinski definition) is 0. The number of rotatable bonds is 5. The van der Waals surface area contributed by atoms with Crippen LogP contribution in [0.3, 0.4) is 0 Å². The molecule has 0 bridgehead atoms. The Morgan fingerprint density at radius 2 is 1.50 bits per heavy atom. The molecule has 0 spiro atoms. The van der Waals surface area contributed by atoms with E-state index in [2.05, 4.69) is 18.8 Å². The van der Waals surface area contributed by atoms with Gasteiger partial charge in [-0.25, -0.2) is 0 Å². The van der Waals surface area contributed by atoms with Gasteiger partial charge < -0.3 is 9.47 Å². The number of carbonyl (C=O) groups excluding carboxylic acids is 1. The molecule has 1 heterocycles. The van der Waals surface area contributed by atoms with Gasteiger partial charge in [0.05, 0.1) is 19.9 Å². The summed E-state index contributed by atoms with van der Waals surface area (Å²) in [6, 6.07) is 23.1. The van der Waals surface area contributed by atoms with E-state index >= 15 is 0 Å². The molecular formula is C28H25NO3. The Kier molecular flexibility index (Phi) is 6.28. The maximum Gasteiger partial charge on any atom is 0.263 e. The summed E-state index contributed by atoms with van der Waals surface area (Å²) in [5, 5.41) is 0. The highest BCUT2D eigenvalue weighted by molar-refractivity contribution is 6.23. The van der Waals surface area contributed by atoms with Crippen LogP contribution in [0.15, 0.2) is 78.4 Å². The van der Waals surface area contributed by atoms with Gasteiger partial charge in [-0.05, 0) is 36.8 Å². The van der Waals surface area contributed by atoms with E-state index in [0.29, 0.717) is 17.1 Å². The molecule has 3 aromatic carbocycles. The van der Waals surface area contributed by atoms with Gasteiger partial charge in [-0.2, -0.15) is 0 Å². The zero-order chi connectivity index (χ0) is 22.5. The van der Waals surface area contributed by atoms with Crippen LogP contribution in [0, 0.1) is 11.8 Å². The lowest BCUT2D eigenvalue weighted by Gasteiger charge is -2.20. The van der Waals surface area contributed by atoms with Crippen molar-refractivity contribution in [2.45, 2.75) is 19.8 Å². The first-order valence-electron chi connectivity index (χ1n) is 10.6. The molecule has 0 saturated carbocycles. The average Bonchev–Trinajstić information content (AvgIpc) is 3.14. The van der Waals surface area contributed by atoms with Gasteiger partial charge in [-0.1, -0.05) is 61.6 Å². The number of fused-ring (bicyclic) bond motifs is 1. The SMILES string of the molecule is CCC/C(C#Cc1cc(OC)cc(OC)c1)=C1/c2ccccc2C(=O)N1c1ccccc1. The van der Waals surface area contributed by atoms with Crippen LogP contribution < -0.4 is 14.4 Å². The van der Waals surface area contributed by atoms with Crippen molar-refractivity contribution in [2.24, 2.45) is 0 Å². The quantitative estimate of drug-likeness (QED) is 0.478. The number of ether oxygens (including phenoxy) is 2. The predicted octanol–water partition coefficient (Wildman–Crippen LogP) is 5.93. The topological polar surface area (TPSA) is 38.8 Å². The highest BCUT2D eigenvalue weighted by Crippen LogP contribution is 2.39. The number of methoxy groups -OCH3 is 2. The van der Waals surface area contributed by atoms with Crippen LogP contribution in [-0.4, -0.2) is 20.1 Å². The van der Waals surface area contributed by atoms with Crippen molar-refractivity contribution < 1.29 is 14.3 Å². The lowest BCUT2D eigenvalue weighted by molar-refractivity contribution is 0.101. The van der Waals surface area contributed by atoms with E-state index in [-0.39, 0.29) is 5.91 Å². The summed E-state index contributed by atoms with van der Waals surface area (Å²) in [4.78, 5) is 15.2. The number of hydrogen-bond acceptors (Lipinski definition) is 3. The van der Waals surface area contributed by atoms with Crippen LogP contribution in [0.2, 0.25) is 0 Å². The fourth-order valence-corrected chi connectivity index (χ4v) is 3.86. The Hall–Kier alpha value is -3.97. The molecule has 0 unspecified atom stereocenters. The van der Waals surface area contributed by atoms with Crippen LogP contribution in [0.25, 0.3) is 5.70 Å². The summed E-state index contributed by atoms with van der Waals surface area (Å²) in [5.41, 5.74) is 5.03. The minimum Gasteiger partial charge on any atom is -0.497 e. The third kappa shape index (κ3) is 4.10. The average molecular weight is 424 g/mol. The maximum atomic E-state index is 13.4. The second-order valence-corrected chi connectivity index (χ2v) is 7.45. The number of amides is 1. The van der Waals surface area contributed by atoms with Gasteiger partial charge in [0.1, 0.15) is 11.5 Å². The number of anilines is 1. The van der Waals surface area contributed by atoms with Gasteiger partial charge in [0.25, 0.3) is 5.91 Å². The second-order valence-electron chi connectivity index (χ2n) is 7.45. The minimum atomic E-state index is -0.0275. The molecule has 4 heteroatoms. The lowest BCUT2D eigenvalue weighted by Crippen LogP contribution is -2.23. The zero-order valence-corrected chi connectivity index (χ0v) is 18.5. The Morgan fingerprint density at radius 1 is 0.875 bits per heavy atom. The van der Waals surface area contributed by atoms with E-state index in [4.69, 9.17) is 9.47 Å². The molecule has 3 aromatic rings. The predicted molar refractivity (Wildman–Crippen MR) is 128 cm³/mol. The van der Waals surface area contributed by atoms with E-state index in [9.17, 15) is 4.79 Å². The van der Waals surface area contributed by atoms with Crippen molar-refractivity contribution in [3.63, 3.8) is 0 Å². The normalized spacial score (nSPS) is 13.8. The molecule has 0 radical (unpaired) electrons.